The maximum absolute atomic E-state index is 12.9. The van der Waals surface area contributed by atoms with Crippen molar-refractivity contribution >= 4 is 30.4 Å². The van der Waals surface area contributed by atoms with E-state index in [0.717, 1.165) is 44.3 Å². The second-order valence-electron chi connectivity index (χ2n) is 9.52. The predicted molar refractivity (Wildman–Crippen MR) is 143 cm³/mol. The Morgan fingerprint density at radius 3 is 2.80 bits per heavy atom. The quantitative estimate of drug-likeness (QED) is 0.292. The van der Waals surface area contributed by atoms with Gasteiger partial charge < -0.3 is 15.3 Å². The van der Waals surface area contributed by atoms with Crippen LogP contribution in [-0.4, -0.2) is 94.9 Å². The number of thioether (sulfide) groups is 1. The van der Waals surface area contributed by atoms with Gasteiger partial charge in [-0.05, 0) is 56.6 Å². The number of aliphatic hydroxyl groups excluding tert-OH is 1. The normalized spacial score (nSPS) is 20.1. The fourth-order valence-corrected chi connectivity index (χ4v) is 5.24. The highest BCUT2D eigenvalue weighted by Gasteiger charge is 2.29. The Balaban J connectivity index is 1.48. The van der Waals surface area contributed by atoms with Crippen LogP contribution < -0.4 is 5.32 Å². The maximum atomic E-state index is 12.9. The molecule has 0 saturated carbocycles. The molecule has 0 aromatic heterocycles. The number of amides is 3. The summed E-state index contributed by atoms with van der Waals surface area (Å²) in [4.78, 5) is 28.5. The van der Waals surface area contributed by atoms with Gasteiger partial charge >= 0.3 is 6.03 Å². The van der Waals surface area contributed by atoms with Crippen molar-refractivity contribution in [3.8, 4) is 0 Å². The molecule has 3 amide bonds. The molecule has 1 aromatic rings. The third kappa shape index (κ3) is 8.08. The summed E-state index contributed by atoms with van der Waals surface area (Å²) in [5, 5.41) is 19.5. The van der Waals surface area contributed by atoms with Crippen LogP contribution in [0.4, 0.5) is 4.79 Å². The van der Waals surface area contributed by atoms with E-state index in [1.807, 2.05) is 26.2 Å². The van der Waals surface area contributed by atoms with E-state index in [0.29, 0.717) is 26.2 Å². The molecule has 35 heavy (non-hydrogen) atoms. The number of piperidine rings is 1. The molecule has 1 aromatic carbocycles. The number of aliphatic hydroxyl groups is 1. The fraction of sp³-hybridized carbons (Fsp3) is 0.577. The number of hydrogen-bond donors (Lipinski definition) is 2. The number of hydrogen-bond acceptors (Lipinski definition) is 6. The van der Waals surface area contributed by atoms with E-state index in [4.69, 9.17) is 0 Å². The number of carbonyl (C=O) groups excluding carboxylic acids is 2. The minimum absolute atomic E-state index is 0.100. The van der Waals surface area contributed by atoms with E-state index in [2.05, 4.69) is 39.6 Å². The van der Waals surface area contributed by atoms with E-state index in [9.17, 15) is 14.7 Å². The number of hydrazone groups is 1. The summed E-state index contributed by atoms with van der Waals surface area (Å²) < 4.78 is 0. The molecule has 0 bridgehead atoms. The van der Waals surface area contributed by atoms with Crippen LogP contribution in [0.2, 0.25) is 0 Å². The Morgan fingerprint density at radius 1 is 1.31 bits per heavy atom. The fourth-order valence-electron chi connectivity index (χ4n) is 4.59. The lowest BCUT2D eigenvalue weighted by atomic mass is 9.99. The molecule has 192 valence electrons. The first-order valence-corrected chi connectivity index (χ1v) is 13.6. The molecule has 2 N–H and O–H groups in total. The van der Waals surface area contributed by atoms with Crippen molar-refractivity contribution in [2.45, 2.75) is 57.1 Å². The zero-order valence-corrected chi connectivity index (χ0v) is 21.9. The molecule has 3 unspecified atom stereocenters. The van der Waals surface area contributed by atoms with E-state index in [1.54, 1.807) is 22.9 Å². The number of β-amino-alcohol motifs (C(OH)–C–C–N with tert-alkyl or cyclic N) is 1. The molecule has 2 aliphatic heterocycles. The highest BCUT2D eigenvalue weighted by molar-refractivity contribution is 7.99. The van der Waals surface area contributed by atoms with Gasteiger partial charge in [0.25, 0.3) is 0 Å². The minimum atomic E-state index is -0.542. The first-order valence-electron chi connectivity index (χ1n) is 12.3. The molecule has 9 heteroatoms. The largest absolute Gasteiger partial charge is 0.391 e. The number of nitrogens with zero attached hydrogens (tertiary/aromatic N) is 4. The van der Waals surface area contributed by atoms with Gasteiger partial charge in [0.2, 0.25) is 6.41 Å². The Hall–Kier alpha value is -2.36. The van der Waals surface area contributed by atoms with Crippen molar-refractivity contribution in [2.75, 3.05) is 39.0 Å². The summed E-state index contributed by atoms with van der Waals surface area (Å²) in [6, 6.07) is 8.18. The number of allylic oxidation sites excluding steroid dienone is 2. The first-order chi connectivity index (χ1) is 16.9. The Kier molecular flexibility index (Phi) is 10.6. The van der Waals surface area contributed by atoms with Gasteiger partial charge in [-0.15, -0.1) is 0 Å². The lowest BCUT2D eigenvalue weighted by molar-refractivity contribution is -0.121. The van der Waals surface area contributed by atoms with Crippen LogP contribution in [0.5, 0.6) is 0 Å². The van der Waals surface area contributed by atoms with Crippen molar-refractivity contribution in [2.24, 2.45) is 5.10 Å². The molecule has 0 radical (unpaired) electrons. The first kappa shape index (κ1) is 27.2. The number of benzene rings is 1. The van der Waals surface area contributed by atoms with Gasteiger partial charge in [-0.2, -0.15) is 16.9 Å². The highest BCUT2D eigenvalue weighted by atomic mass is 32.2. The summed E-state index contributed by atoms with van der Waals surface area (Å²) in [7, 11) is 0. The average molecular weight is 502 g/mol. The Bertz CT molecular complexity index is 905. The second kappa shape index (κ2) is 13.7. The summed E-state index contributed by atoms with van der Waals surface area (Å²) in [6.07, 6.45) is 8.23. The topological polar surface area (TPSA) is 88.5 Å². The monoisotopic (exact) mass is 501 g/mol. The molecule has 2 heterocycles. The van der Waals surface area contributed by atoms with E-state index < -0.39 is 6.10 Å². The van der Waals surface area contributed by atoms with Crippen LogP contribution in [-0.2, 0) is 17.8 Å². The van der Waals surface area contributed by atoms with E-state index in [-0.39, 0.29) is 17.3 Å². The number of rotatable bonds is 10. The van der Waals surface area contributed by atoms with Crippen LogP contribution in [0.25, 0.3) is 0 Å². The van der Waals surface area contributed by atoms with Gasteiger partial charge in [-0.1, -0.05) is 29.8 Å². The molecule has 3 atom stereocenters. The molecule has 3 rings (SSSR count). The zero-order chi connectivity index (χ0) is 25.2. The van der Waals surface area contributed by atoms with Crippen molar-refractivity contribution in [3.05, 3.63) is 47.0 Å². The minimum Gasteiger partial charge on any atom is -0.391 e. The van der Waals surface area contributed by atoms with Crippen molar-refractivity contribution < 1.29 is 14.7 Å². The average Bonchev–Trinajstić information content (AvgIpc) is 2.86. The summed E-state index contributed by atoms with van der Waals surface area (Å²) >= 11 is 1.57. The van der Waals surface area contributed by atoms with Crippen LogP contribution in [0.3, 0.4) is 0 Å². The number of carbonyl (C=O) groups is 2. The van der Waals surface area contributed by atoms with Gasteiger partial charge in [0, 0.05) is 50.7 Å². The standard InChI is InChI=1S/C26H39N5O3S/c1-20(2)10-12-28-31(19-32)23-9-6-13-30(17-23)26(34)27-15-25(35-3)24(33)18-29-14-11-21-7-4-5-8-22(21)16-29/h4-5,7-8,10,12,19,23-25,33H,6,9,11,13-18H2,1-3H3,(H,27,34)/b28-12-. The maximum Gasteiger partial charge on any atom is 0.317 e. The molecular formula is C26H39N5O3S. The molecule has 0 spiro atoms. The summed E-state index contributed by atoms with van der Waals surface area (Å²) in [5.74, 6) is 0. The third-order valence-electron chi connectivity index (χ3n) is 6.62. The zero-order valence-electron chi connectivity index (χ0n) is 21.1. The van der Waals surface area contributed by atoms with Gasteiger partial charge in [0.05, 0.1) is 12.1 Å². The molecule has 0 aliphatic carbocycles. The Labute approximate surface area is 213 Å². The van der Waals surface area contributed by atoms with E-state index in [1.165, 1.54) is 16.1 Å². The molecule has 2 aliphatic rings. The highest BCUT2D eigenvalue weighted by Crippen LogP contribution is 2.21. The molecule has 8 nitrogen and oxygen atoms in total. The Morgan fingerprint density at radius 2 is 2.09 bits per heavy atom. The van der Waals surface area contributed by atoms with Crippen LogP contribution in [0, 0.1) is 0 Å². The molecular weight excluding hydrogens is 462 g/mol. The van der Waals surface area contributed by atoms with Gasteiger partial charge in [0.15, 0.2) is 0 Å². The van der Waals surface area contributed by atoms with Gasteiger partial charge in [-0.3, -0.25) is 9.69 Å². The molecule has 1 saturated heterocycles. The number of likely N-dealkylation sites (tertiary alicyclic amines) is 1. The number of urea groups is 1. The van der Waals surface area contributed by atoms with Crippen molar-refractivity contribution in [3.63, 3.8) is 0 Å². The lowest BCUT2D eigenvalue weighted by Gasteiger charge is -2.36. The number of fused-ring (bicyclic) bond motifs is 1. The smallest absolute Gasteiger partial charge is 0.317 e. The lowest BCUT2D eigenvalue weighted by Crippen LogP contribution is -2.52. The third-order valence-corrected chi connectivity index (χ3v) is 7.70. The molecule has 1 fully saturated rings. The predicted octanol–water partition coefficient (Wildman–Crippen LogP) is 2.72. The number of nitrogens with one attached hydrogen (secondary N) is 1. The van der Waals surface area contributed by atoms with E-state index >= 15 is 0 Å². The van der Waals surface area contributed by atoms with Gasteiger partial charge in [0.1, 0.15) is 0 Å². The summed E-state index contributed by atoms with van der Waals surface area (Å²) in [6.45, 7) is 7.77. The van der Waals surface area contributed by atoms with Crippen LogP contribution in [0.15, 0.2) is 41.0 Å². The second-order valence-corrected chi connectivity index (χ2v) is 10.6. The van der Waals surface area contributed by atoms with Crippen LogP contribution >= 0.6 is 11.8 Å². The van der Waals surface area contributed by atoms with Crippen molar-refractivity contribution in [1.82, 2.24) is 20.1 Å². The van der Waals surface area contributed by atoms with Crippen LogP contribution in [0.1, 0.15) is 37.8 Å². The van der Waals surface area contributed by atoms with Gasteiger partial charge in [-0.25, -0.2) is 9.80 Å². The van der Waals surface area contributed by atoms with Crippen molar-refractivity contribution in [1.29, 1.82) is 0 Å². The summed E-state index contributed by atoms with van der Waals surface area (Å²) in [5.41, 5.74) is 3.82. The SMILES string of the molecule is CSC(CNC(=O)N1CCCC(N(C=O)/N=C\C=C(C)C)C1)C(O)CN1CCc2ccccc2C1.